The van der Waals surface area contributed by atoms with Crippen LogP contribution in [0.25, 0.3) is 0 Å². The molecule has 0 unspecified atom stereocenters. The summed E-state index contributed by atoms with van der Waals surface area (Å²) in [5.41, 5.74) is 0.492. The molecule has 100 valence electrons. The van der Waals surface area contributed by atoms with E-state index in [1.54, 1.807) is 41.3 Å². The highest BCUT2D eigenvalue weighted by atomic mass is 35.5. The maximum Gasteiger partial charge on any atom is 0.252 e. The van der Waals surface area contributed by atoms with Crippen LogP contribution < -0.4 is 5.32 Å². The largest absolute Gasteiger partial charge is 0.352 e. The fraction of sp³-hybridized carbons (Fsp3) is 0.231. The van der Waals surface area contributed by atoms with Crippen molar-refractivity contribution in [1.29, 1.82) is 0 Å². The number of hydrogen-bond donors (Lipinski definition) is 1. The molecule has 0 aliphatic carbocycles. The molecule has 0 saturated heterocycles. The van der Waals surface area contributed by atoms with Crippen molar-refractivity contribution >= 4 is 29.1 Å². The van der Waals surface area contributed by atoms with Crippen molar-refractivity contribution in [3.63, 3.8) is 0 Å². The van der Waals surface area contributed by atoms with Gasteiger partial charge in [0.1, 0.15) is 0 Å². The molecular weight excluding hydrogens is 285 g/mol. The van der Waals surface area contributed by atoms with Gasteiger partial charge < -0.3 is 5.32 Å². The zero-order chi connectivity index (χ0) is 13.7. The maximum absolute atomic E-state index is 11.8. The molecule has 1 heterocycles. The number of nitrogens with one attached hydrogen (secondary N) is 1. The van der Waals surface area contributed by atoms with Gasteiger partial charge in [-0.05, 0) is 18.6 Å². The molecule has 0 radical (unpaired) electrons. The summed E-state index contributed by atoms with van der Waals surface area (Å²) in [5, 5.41) is 7.94. The first-order valence-corrected chi connectivity index (χ1v) is 6.63. The number of amides is 1. The molecule has 0 aliphatic rings. The number of carbonyl (C=O) groups excluding carboxylic acids is 1. The number of nitrogens with zero attached hydrogens (tertiary/aromatic N) is 2. The van der Waals surface area contributed by atoms with Crippen molar-refractivity contribution in [2.45, 2.75) is 13.0 Å². The van der Waals surface area contributed by atoms with Crippen LogP contribution in [0.3, 0.4) is 0 Å². The van der Waals surface area contributed by atoms with Crippen LogP contribution in [0.1, 0.15) is 16.8 Å². The summed E-state index contributed by atoms with van der Waals surface area (Å²) in [6, 6.07) is 6.97. The molecule has 6 heteroatoms. The normalized spacial score (nSPS) is 10.4. The van der Waals surface area contributed by atoms with Crippen molar-refractivity contribution in [3.8, 4) is 0 Å². The van der Waals surface area contributed by atoms with Crippen molar-refractivity contribution in [2.75, 3.05) is 6.54 Å². The van der Waals surface area contributed by atoms with Crippen molar-refractivity contribution in [1.82, 2.24) is 15.1 Å². The van der Waals surface area contributed by atoms with Crippen LogP contribution in [-0.2, 0) is 6.54 Å². The predicted molar refractivity (Wildman–Crippen MR) is 75.6 cm³/mol. The quantitative estimate of drug-likeness (QED) is 0.863. The summed E-state index contributed by atoms with van der Waals surface area (Å²) in [6.07, 6.45) is 4.11. The van der Waals surface area contributed by atoms with E-state index in [0.717, 1.165) is 6.42 Å². The van der Waals surface area contributed by atoms with Crippen molar-refractivity contribution in [3.05, 3.63) is 52.3 Å². The Kier molecular flexibility index (Phi) is 4.82. The third-order valence-electron chi connectivity index (χ3n) is 2.57. The van der Waals surface area contributed by atoms with Gasteiger partial charge in [-0.1, -0.05) is 35.3 Å². The lowest BCUT2D eigenvalue weighted by Crippen LogP contribution is -2.25. The number of hydrogen-bond acceptors (Lipinski definition) is 2. The lowest BCUT2D eigenvalue weighted by Gasteiger charge is -2.06. The number of carbonyl (C=O) groups is 1. The van der Waals surface area contributed by atoms with E-state index < -0.39 is 0 Å². The fourth-order valence-corrected chi connectivity index (χ4v) is 2.02. The molecule has 0 bridgehead atoms. The van der Waals surface area contributed by atoms with Gasteiger partial charge >= 0.3 is 0 Å². The van der Waals surface area contributed by atoms with Crippen molar-refractivity contribution < 1.29 is 4.79 Å². The Morgan fingerprint density at radius 2 is 2.11 bits per heavy atom. The molecule has 0 atom stereocenters. The number of benzene rings is 1. The molecule has 1 aromatic heterocycles. The average molecular weight is 298 g/mol. The smallest absolute Gasteiger partial charge is 0.252 e. The molecule has 1 N–H and O–H groups in total. The molecule has 19 heavy (non-hydrogen) atoms. The number of rotatable bonds is 5. The van der Waals surface area contributed by atoms with E-state index in [9.17, 15) is 4.79 Å². The lowest BCUT2D eigenvalue weighted by molar-refractivity contribution is 0.0953. The van der Waals surface area contributed by atoms with Gasteiger partial charge in [-0.3, -0.25) is 9.48 Å². The second-order valence-corrected chi connectivity index (χ2v) is 4.85. The maximum atomic E-state index is 11.8. The first-order chi connectivity index (χ1) is 9.16. The highest BCUT2D eigenvalue weighted by Gasteiger charge is 2.08. The van der Waals surface area contributed by atoms with Crippen LogP contribution in [0.2, 0.25) is 10.0 Å². The minimum atomic E-state index is -0.163. The number of halogens is 2. The molecule has 0 spiro atoms. The van der Waals surface area contributed by atoms with Crippen molar-refractivity contribution in [2.24, 2.45) is 0 Å². The fourth-order valence-electron chi connectivity index (χ4n) is 1.64. The van der Waals surface area contributed by atoms with E-state index in [1.807, 2.05) is 0 Å². The van der Waals surface area contributed by atoms with Gasteiger partial charge in [-0.25, -0.2) is 0 Å². The minimum absolute atomic E-state index is 0.163. The first kappa shape index (κ1) is 13.9. The summed E-state index contributed by atoms with van der Waals surface area (Å²) in [4.78, 5) is 11.8. The SMILES string of the molecule is O=C(NCCCn1cc(Cl)cn1)c1ccccc1Cl. The molecule has 2 aromatic rings. The van der Waals surface area contributed by atoms with Crippen LogP contribution in [-0.4, -0.2) is 22.2 Å². The Labute approximate surface area is 121 Å². The van der Waals surface area contributed by atoms with Gasteiger partial charge in [-0.15, -0.1) is 0 Å². The van der Waals surface area contributed by atoms with E-state index >= 15 is 0 Å². The van der Waals surface area contributed by atoms with Gasteiger partial charge in [0.2, 0.25) is 0 Å². The van der Waals surface area contributed by atoms with Crippen LogP contribution in [0.5, 0.6) is 0 Å². The van der Waals surface area contributed by atoms with Gasteiger partial charge in [-0.2, -0.15) is 5.10 Å². The third kappa shape index (κ3) is 3.98. The summed E-state index contributed by atoms with van der Waals surface area (Å²) < 4.78 is 1.74. The Morgan fingerprint density at radius 1 is 1.32 bits per heavy atom. The van der Waals surface area contributed by atoms with Gasteiger partial charge in [0, 0.05) is 19.3 Å². The van der Waals surface area contributed by atoms with Crippen LogP contribution >= 0.6 is 23.2 Å². The zero-order valence-electron chi connectivity index (χ0n) is 10.1. The Bertz CT molecular complexity index is 569. The van der Waals surface area contributed by atoms with E-state index in [-0.39, 0.29) is 5.91 Å². The highest BCUT2D eigenvalue weighted by molar-refractivity contribution is 6.33. The molecule has 0 saturated carbocycles. The standard InChI is InChI=1S/C13H13Cl2N3O/c14-10-8-17-18(9-10)7-3-6-16-13(19)11-4-1-2-5-12(11)15/h1-2,4-5,8-9H,3,6-7H2,(H,16,19). The van der Waals surface area contributed by atoms with Crippen LogP contribution in [0.4, 0.5) is 0 Å². The highest BCUT2D eigenvalue weighted by Crippen LogP contribution is 2.14. The van der Waals surface area contributed by atoms with Gasteiger partial charge in [0.25, 0.3) is 5.91 Å². The minimum Gasteiger partial charge on any atom is -0.352 e. The van der Waals surface area contributed by atoms with Gasteiger partial charge in [0.15, 0.2) is 0 Å². The second-order valence-electron chi connectivity index (χ2n) is 4.01. The van der Waals surface area contributed by atoms with Crippen LogP contribution in [0, 0.1) is 0 Å². The van der Waals surface area contributed by atoms with E-state index in [1.165, 1.54) is 0 Å². The number of aromatic nitrogens is 2. The molecule has 1 aromatic carbocycles. The molecule has 0 fully saturated rings. The molecule has 0 aliphatic heterocycles. The molecule has 4 nitrogen and oxygen atoms in total. The lowest BCUT2D eigenvalue weighted by atomic mass is 10.2. The second kappa shape index (κ2) is 6.59. The zero-order valence-corrected chi connectivity index (χ0v) is 11.7. The summed E-state index contributed by atoms with van der Waals surface area (Å²) in [6.45, 7) is 1.26. The van der Waals surface area contributed by atoms with Crippen LogP contribution in [0.15, 0.2) is 36.7 Å². The summed E-state index contributed by atoms with van der Waals surface area (Å²) in [5.74, 6) is -0.163. The topological polar surface area (TPSA) is 46.9 Å². The van der Waals surface area contributed by atoms with Gasteiger partial charge in [0.05, 0.1) is 21.8 Å². The van der Waals surface area contributed by atoms with E-state index in [4.69, 9.17) is 23.2 Å². The Hall–Kier alpha value is -1.52. The Morgan fingerprint density at radius 3 is 2.79 bits per heavy atom. The average Bonchev–Trinajstić information content (AvgIpc) is 2.81. The van der Waals surface area contributed by atoms with E-state index in [2.05, 4.69) is 10.4 Å². The molecular formula is C13H13Cl2N3O. The predicted octanol–water partition coefficient (Wildman–Crippen LogP) is 3.01. The monoisotopic (exact) mass is 297 g/mol. The Balaban J connectivity index is 1.77. The summed E-state index contributed by atoms with van der Waals surface area (Å²) >= 11 is 11.7. The van der Waals surface area contributed by atoms with E-state index in [0.29, 0.717) is 28.7 Å². The third-order valence-corrected chi connectivity index (χ3v) is 3.09. The first-order valence-electron chi connectivity index (χ1n) is 5.87. The number of aryl methyl sites for hydroxylation is 1. The molecule has 1 amide bonds. The summed E-state index contributed by atoms with van der Waals surface area (Å²) in [7, 11) is 0. The molecule has 2 rings (SSSR count).